The summed E-state index contributed by atoms with van der Waals surface area (Å²) >= 11 is 3.34. The average Bonchev–Trinajstić information content (AvgIpc) is 2.77. The van der Waals surface area contributed by atoms with Gasteiger partial charge < -0.3 is 14.6 Å². The first-order valence-corrected chi connectivity index (χ1v) is 6.15. The van der Waals surface area contributed by atoms with E-state index in [9.17, 15) is 10.2 Å². The highest BCUT2D eigenvalue weighted by Crippen LogP contribution is 2.39. The fourth-order valence-electron chi connectivity index (χ4n) is 1.85. The third-order valence-electron chi connectivity index (χ3n) is 2.76. The van der Waals surface area contributed by atoms with Gasteiger partial charge in [0.15, 0.2) is 11.5 Å². The van der Waals surface area contributed by atoms with Crippen molar-refractivity contribution in [3.63, 3.8) is 0 Å². The fourth-order valence-corrected chi connectivity index (χ4v) is 2.38. The van der Waals surface area contributed by atoms with Crippen LogP contribution in [0.2, 0.25) is 0 Å². The molecule has 4 heteroatoms. The monoisotopic (exact) mass is 304 g/mol. The summed E-state index contributed by atoms with van der Waals surface area (Å²) in [4.78, 5) is 0. The molecular weight excluding hydrogens is 296 g/mol. The lowest BCUT2D eigenvalue weighted by Gasteiger charge is -2.03. The van der Waals surface area contributed by atoms with Gasteiger partial charge in [0.2, 0.25) is 0 Å². The lowest BCUT2D eigenvalue weighted by Crippen LogP contribution is -1.78. The molecular formula is C14H9BrO3. The van der Waals surface area contributed by atoms with Crippen molar-refractivity contribution in [3.05, 3.63) is 46.9 Å². The minimum Gasteiger partial charge on any atom is -0.504 e. The van der Waals surface area contributed by atoms with Gasteiger partial charge in [-0.25, -0.2) is 0 Å². The van der Waals surface area contributed by atoms with Crippen LogP contribution in [0.25, 0.3) is 22.3 Å². The Labute approximate surface area is 111 Å². The van der Waals surface area contributed by atoms with Crippen LogP contribution < -0.4 is 0 Å². The number of halogens is 1. The maximum Gasteiger partial charge on any atom is 0.158 e. The molecule has 0 amide bonds. The Bertz CT molecular complexity index is 698. The molecule has 0 radical (unpaired) electrons. The largest absolute Gasteiger partial charge is 0.504 e. The number of benzene rings is 2. The number of hydrogen-bond acceptors (Lipinski definition) is 3. The Morgan fingerprint density at radius 3 is 2.44 bits per heavy atom. The zero-order valence-electron chi connectivity index (χ0n) is 9.22. The summed E-state index contributed by atoms with van der Waals surface area (Å²) in [6.45, 7) is 0. The summed E-state index contributed by atoms with van der Waals surface area (Å²) < 4.78 is 6.37. The summed E-state index contributed by atoms with van der Waals surface area (Å²) in [5, 5.41) is 19.9. The Balaban J connectivity index is 2.22. The topological polar surface area (TPSA) is 53.6 Å². The maximum absolute atomic E-state index is 9.55. The van der Waals surface area contributed by atoms with Crippen molar-refractivity contribution in [1.29, 1.82) is 0 Å². The van der Waals surface area contributed by atoms with Crippen LogP contribution >= 0.6 is 15.9 Å². The quantitative estimate of drug-likeness (QED) is 0.660. The van der Waals surface area contributed by atoms with Gasteiger partial charge in [-0.05, 0) is 40.2 Å². The molecule has 0 unspecified atom stereocenters. The van der Waals surface area contributed by atoms with Crippen LogP contribution in [-0.2, 0) is 0 Å². The molecule has 0 saturated heterocycles. The molecule has 90 valence electrons. The molecule has 0 saturated carbocycles. The predicted octanol–water partition coefficient (Wildman–Crippen LogP) is 4.27. The van der Waals surface area contributed by atoms with E-state index in [1.807, 2.05) is 30.3 Å². The second kappa shape index (κ2) is 4.07. The van der Waals surface area contributed by atoms with E-state index >= 15 is 0 Å². The van der Waals surface area contributed by atoms with Crippen LogP contribution in [0.15, 0.2) is 51.4 Å². The standard InChI is InChI=1S/C14H9BrO3/c15-10-7-12(17)11(16)6-9(10)14-5-8-3-1-2-4-13(8)18-14/h1-7,16-17H. The van der Waals surface area contributed by atoms with Gasteiger partial charge in [0.25, 0.3) is 0 Å². The molecule has 0 aliphatic heterocycles. The molecule has 0 bridgehead atoms. The molecule has 18 heavy (non-hydrogen) atoms. The fraction of sp³-hybridized carbons (Fsp3) is 0. The second-order valence-electron chi connectivity index (χ2n) is 3.97. The molecule has 0 aliphatic rings. The van der Waals surface area contributed by atoms with Gasteiger partial charge in [0, 0.05) is 15.4 Å². The predicted molar refractivity (Wildman–Crippen MR) is 72.7 cm³/mol. The summed E-state index contributed by atoms with van der Waals surface area (Å²) in [5.41, 5.74) is 1.48. The van der Waals surface area contributed by atoms with Gasteiger partial charge in [-0.1, -0.05) is 18.2 Å². The van der Waals surface area contributed by atoms with Gasteiger partial charge in [-0.2, -0.15) is 0 Å². The zero-order valence-corrected chi connectivity index (χ0v) is 10.8. The summed E-state index contributed by atoms with van der Waals surface area (Å²) in [5.74, 6) is 0.300. The van der Waals surface area contributed by atoms with E-state index in [-0.39, 0.29) is 11.5 Å². The van der Waals surface area contributed by atoms with Crippen molar-refractivity contribution in [2.75, 3.05) is 0 Å². The van der Waals surface area contributed by atoms with Crippen molar-refractivity contribution < 1.29 is 14.6 Å². The smallest absolute Gasteiger partial charge is 0.158 e. The highest BCUT2D eigenvalue weighted by Gasteiger charge is 2.12. The van der Waals surface area contributed by atoms with Crippen molar-refractivity contribution in [2.24, 2.45) is 0 Å². The Hall–Kier alpha value is -1.94. The Morgan fingerprint density at radius 1 is 0.944 bits per heavy atom. The molecule has 1 heterocycles. The number of fused-ring (bicyclic) bond motifs is 1. The van der Waals surface area contributed by atoms with Crippen LogP contribution in [0.4, 0.5) is 0 Å². The van der Waals surface area contributed by atoms with Crippen molar-refractivity contribution in [2.45, 2.75) is 0 Å². The molecule has 0 atom stereocenters. The van der Waals surface area contributed by atoms with E-state index in [0.29, 0.717) is 15.8 Å². The van der Waals surface area contributed by atoms with Gasteiger partial charge in [-0.3, -0.25) is 0 Å². The molecule has 2 aromatic carbocycles. The highest BCUT2D eigenvalue weighted by molar-refractivity contribution is 9.10. The lowest BCUT2D eigenvalue weighted by molar-refractivity contribution is 0.403. The first kappa shape index (κ1) is 11.2. The number of phenols is 2. The normalized spacial score (nSPS) is 10.9. The third kappa shape index (κ3) is 1.75. The lowest BCUT2D eigenvalue weighted by atomic mass is 10.1. The number of furan rings is 1. The van der Waals surface area contributed by atoms with Crippen LogP contribution in [0.3, 0.4) is 0 Å². The Kier molecular flexibility index (Phi) is 2.52. The van der Waals surface area contributed by atoms with E-state index < -0.39 is 0 Å². The van der Waals surface area contributed by atoms with E-state index in [0.717, 1.165) is 11.0 Å². The molecule has 0 spiro atoms. The number of para-hydroxylation sites is 1. The zero-order chi connectivity index (χ0) is 12.7. The molecule has 3 nitrogen and oxygen atoms in total. The molecule has 3 aromatic rings. The van der Waals surface area contributed by atoms with Crippen molar-refractivity contribution >= 4 is 26.9 Å². The molecule has 0 aliphatic carbocycles. The number of rotatable bonds is 1. The Morgan fingerprint density at radius 2 is 1.67 bits per heavy atom. The second-order valence-corrected chi connectivity index (χ2v) is 4.82. The average molecular weight is 305 g/mol. The number of phenolic OH excluding ortho intramolecular Hbond substituents is 2. The van der Waals surface area contributed by atoms with Crippen LogP contribution in [0, 0.1) is 0 Å². The highest BCUT2D eigenvalue weighted by atomic mass is 79.9. The van der Waals surface area contributed by atoms with Gasteiger partial charge in [-0.15, -0.1) is 0 Å². The summed E-state index contributed by atoms with van der Waals surface area (Å²) in [6.07, 6.45) is 0. The molecule has 2 N–H and O–H groups in total. The minimum absolute atomic E-state index is 0.165. The van der Waals surface area contributed by atoms with Crippen molar-refractivity contribution in [3.8, 4) is 22.8 Å². The first-order chi connectivity index (χ1) is 8.65. The molecule has 0 fully saturated rings. The van der Waals surface area contributed by atoms with Crippen molar-refractivity contribution in [1.82, 2.24) is 0 Å². The van der Waals surface area contributed by atoms with Gasteiger partial charge in [0.05, 0.1) is 0 Å². The first-order valence-electron chi connectivity index (χ1n) is 5.35. The van der Waals surface area contributed by atoms with E-state index in [1.54, 1.807) is 0 Å². The van der Waals surface area contributed by atoms with Crippen LogP contribution in [0.5, 0.6) is 11.5 Å². The maximum atomic E-state index is 9.55. The summed E-state index contributed by atoms with van der Waals surface area (Å²) in [6, 6.07) is 12.5. The van der Waals surface area contributed by atoms with Gasteiger partial charge >= 0.3 is 0 Å². The summed E-state index contributed by atoms with van der Waals surface area (Å²) in [7, 11) is 0. The van der Waals surface area contributed by atoms with E-state index in [4.69, 9.17) is 4.42 Å². The van der Waals surface area contributed by atoms with Gasteiger partial charge in [0.1, 0.15) is 11.3 Å². The van der Waals surface area contributed by atoms with Crippen LogP contribution in [0.1, 0.15) is 0 Å². The SMILES string of the molecule is Oc1cc(Br)c(-c2cc3ccccc3o2)cc1O. The third-order valence-corrected chi connectivity index (χ3v) is 3.41. The molecule has 3 rings (SSSR count). The number of aromatic hydroxyl groups is 2. The van der Waals surface area contributed by atoms with E-state index in [2.05, 4.69) is 15.9 Å². The minimum atomic E-state index is -0.173. The molecule has 1 aromatic heterocycles. The number of hydrogen-bond donors (Lipinski definition) is 2. The van der Waals surface area contributed by atoms with E-state index in [1.165, 1.54) is 12.1 Å². The van der Waals surface area contributed by atoms with Crippen LogP contribution in [-0.4, -0.2) is 10.2 Å².